The summed E-state index contributed by atoms with van der Waals surface area (Å²) in [5.74, 6) is -0.559. The zero-order valence-electron chi connectivity index (χ0n) is 9.60. The van der Waals surface area contributed by atoms with E-state index in [1.54, 1.807) is 0 Å². The minimum absolute atomic E-state index is 0.0927. The summed E-state index contributed by atoms with van der Waals surface area (Å²) < 4.78 is 5.71. The molecule has 5 heteroatoms. The summed E-state index contributed by atoms with van der Waals surface area (Å²) in [7, 11) is 0. The molecule has 2 heterocycles. The predicted molar refractivity (Wildman–Crippen MR) is 65.5 cm³/mol. The van der Waals surface area contributed by atoms with Crippen molar-refractivity contribution in [1.29, 1.82) is 0 Å². The quantitative estimate of drug-likeness (QED) is 0.724. The number of aromatic nitrogens is 2. The molecule has 18 heavy (non-hydrogen) atoms. The Morgan fingerprint density at radius 2 is 2.17 bits per heavy atom. The monoisotopic (exact) mass is 242 g/mol. The molecule has 2 aromatic heterocycles. The summed E-state index contributed by atoms with van der Waals surface area (Å²) in [6.45, 7) is 1.93. The first kappa shape index (κ1) is 10.6. The van der Waals surface area contributed by atoms with Crippen molar-refractivity contribution in [1.82, 2.24) is 9.97 Å². The zero-order chi connectivity index (χ0) is 12.7. The van der Waals surface area contributed by atoms with E-state index in [2.05, 4.69) is 9.97 Å². The Bertz CT molecular complexity index is 740. The Morgan fingerprint density at radius 3 is 2.83 bits per heavy atom. The SMILES string of the molecule is Cc1c(-c2cnc(C(=O)O)[nH]2)oc2ccccc12. The summed E-state index contributed by atoms with van der Waals surface area (Å²) in [4.78, 5) is 17.3. The second kappa shape index (κ2) is 3.73. The van der Waals surface area contributed by atoms with Crippen LogP contribution in [-0.2, 0) is 0 Å². The highest BCUT2D eigenvalue weighted by Gasteiger charge is 2.16. The summed E-state index contributed by atoms with van der Waals surface area (Å²) in [5.41, 5.74) is 2.31. The molecule has 0 aliphatic rings. The Hall–Kier alpha value is -2.56. The fourth-order valence-corrected chi connectivity index (χ4v) is 1.98. The van der Waals surface area contributed by atoms with Gasteiger partial charge in [0.15, 0.2) is 5.76 Å². The lowest BCUT2D eigenvalue weighted by molar-refractivity contribution is 0.0685. The number of aromatic carboxylic acids is 1. The number of rotatable bonds is 2. The topological polar surface area (TPSA) is 79.1 Å². The minimum Gasteiger partial charge on any atom is -0.475 e. The van der Waals surface area contributed by atoms with E-state index in [0.717, 1.165) is 16.5 Å². The molecule has 0 bridgehead atoms. The van der Waals surface area contributed by atoms with Gasteiger partial charge in [-0.25, -0.2) is 9.78 Å². The highest BCUT2D eigenvalue weighted by molar-refractivity contribution is 5.88. The normalized spacial score (nSPS) is 10.9. The van der Waals surface area contributed by atoms with Crippen molar-refractivity contribution in [2.45, 2.75) is 6.92 Å². The van der Waals surface area contributed by atoms with Crippen LogP contribution in [0.15, 0.2) is 34.9 Å². The Labute approximate surface area is 102 Å². The highest BCUT2D eigenvalue weighted by atomic mass is 16.4. The molecular weight excluding hydrogens is 232 g/mol. The number of benzene rings is 1. The Balaban J connectivity index is 2.18. The van der Waals surface area contributed by atoms with Gasteiger partial charge in [0.05, 0.1) is 6.20 Å². The molecule has 0 aliphatic carbocycles. The van der Waals surface area contributed by atoms with Gasteiger partial charge in [0.25, 0.3) is 0 Å². The number of aryl methyl sites for hydroxylation is 1. The smallest absolute Gasteiger partial charge is 0.371 e. The van der Waals surface area contributed by atoms with Gasteiger partial charge >= 0.3 is 5.97 Å². The number of carbonyl (C=O) groups is 1. The molecule has 0 spiro atoms. The van der Waals surface area contributed by atoms with Crippen LogP contribution in [0.25, 0.3) is 22.4 Å². The average Bonchev–Trinajstić information content (AvgIpc) is 2.95. The number of fused-ring (bicyclic) bond motifs is 1. The number of aromatic amines is 1. The number of hydrogen-bond donors (Lipinski definition) is 2. The first-order chi connectivity index (χ1) is 8.66. The Morgan fingerprint density at radius 1 is 1.39 bits per heavy atom. The van der Waals surface area contributed by atoms with E-state index in [-0.39, 0.29) is 5.82 Å². The third-order valence-electron chi connectivity index (χ3n) is 2.87. The lowest BCUT2D eigenvalue weighted by Gasteiger charge is -1.92. The molecule has 1 aromatic carbocycles. The maximum absolute atomic E-state index is 10.8. The van der Waals surface area contributed by atoms with Crippen molar-refractivity contribution in [2.75, 3.05) is 0 Å². The van der Waals surface area contributed by atoms with Crippen LogP contribution in [0.3, 0.4) is 0 Å². The molecule has 2 N–H and O–H groups in total. The molecule has 0 saturated heterocycles. The largest absolute Gasteiger partial charge is 0.475 e. The van der Waals surface area contributed by atoms with Crippen LogP contribution in [-0.4, -0.2) is 21.0 Å². The van der Waals surface area contributed by atoms with Crippen molar-refractivity contribution in [2.24, 2.45) is 0 Å². The van der Waals surface area contributed by atoms with E-state index < -0.39 is 5.97 Å². The Kier molecular flexibility index (Phi) is 2.19. The number of carboxylic acids is 1. The number of hydrogen-bond acceptors (Lipinski definition) is 3. The van der Waals surface area contributed by atoms with Crippen molar-refractivity contribution >= 4 is 16.9 Å². The van der Waals surface area contributed by atoms with Crippen LogP contribution in [0.2, 0.25) is 0 Å². The molecule has 0 aliphatic heterocycles. The fraction of sp³-hybridized carbons (Fsp3) is 0.0769. The zero-order valence-corrected chi connectivity index (χ0v) is 9.60. The van der Waals surface area contributed by atoms with Gasteiger partial charge in [-0.3, -0.25) is 0 Å². The van der Waals surface area contributed by atoms with Crippen LogP contribution in [0, 0.1) is 6.92 Å². The van der Waals surface area contributed by atoms with Crippen LogP contribution >= 0.6 is 0 Å². The van der Waals surface area contributed by atoms with Crippen LogP contribution in [0.5, 0.6) is 0 Å². The van der Waals surface area contributed by atoms with E-state index in [9.17, 15) is 4.79 Å². The molecule has 0 radical (unpaired) electrons. The van der Waals surface area contributed by atoms with Crippen LogP contribution < -0.4 is 0 Å². The van der Waals surface area contributed by atoms with E-state index >= 15 is 0 Å². The molecule has 0 fully saturated rings. The second-order valence-corrected chi connectivity index (χ2v) is 4.00. The van der Waals surface area contributed by atoms with Crippen molar-refractivity contribution in [3.8, 4) is 11.5 Å². The predicted octanol–water partition coefficient (Wildman–Crippen LogP) is 2.83. The van der Waals surface area contributed by atoms with Gasteiger partial charge in [0.2, 0.25) is 5.82 Å². The third kappa shape index (κ3) is 1.48. The summed E-state index contributed by atoms with van der Waals surface area (Å²) in [6.07, 6.45) is 1.47. The van der Waals surface area contributed by atoms with E-state index in [1.807, 2.05) is 31.2 Å². The summed E-state index contributed by atoms with van der Waals surface area (Å²) in [5, 5.41) is 9.84. The minimum atomic E-state index is -1.09. The fourth-order valence-electron chi connectivity index (χ4n) is 1.98. The molecule has 0 saturated carbocycles. The summed E-state index contributed by atoms with van der Waals surface area (Å²) in [6, 6.07) is 7.67. The molecule has 90 valence electrons. The van der Waals surface area contributed by atoms with Gasteiger partial charge in [0.1, 0.15) is 11.3 Å². The van der Waals surface area contributed by atoms with Crippen LogP contribution in [0.1, 0.15) is 16.2 Å². The lowest BCUT2D eigenvalue weighted by atomic mass is 10.1. The number of furan rings is 1. The maximum atomic E-state index is 10.8. The third-order valence-corrected chi connectivity index (χ3v) is 2.87. The second-order valence-electron chi connectivity index (χ2n) is 4.00. The molecule has 3 aromatic rings. The van der Waals surface area contributed by atoms with E-state index in [4.69, 9.17) is 9.52 Å². The van der Waals surface area contributed by atoms with E-state index in [1.165, 1.54) is 6.20 Å². The van der Waals surface area contributed by atoms with Gasteiger partial charge in [-0.2, -0.15) is 0 Å². The molecular formula is C13H10N2O3. The van der Waals surface area contributed by atoms with Gasteiger partial charge in [-0.05, 0) is 13.0 Å². The first-order valence-corrected chi connectivity index (χ1v) is 5.43. The average molecular weight is 242 g/mol. The number of nitrogens with zero attached hydrogens (tertiary/aromatic N) is 1. The standard InChI is InChI=1S/C13H10N2O3/c1-7-8-4-2-3-5-10(8)18-11(7)9-6-14-12(15-9)13(16)17/h2-6H,1H3,(H,14,15)(H,16,17). The van der Waals surface area contributed by atoms with E-state index in [0.29, 0.717) is 11.5 Å². The lowest BCUT2D eigenvalue weighted by Crippen LogP contribution is -1.98. The maximum Gasteiger partial charge on any atom is 0.371 e. The van der Waals surface area contributed by atoms with Gasteiger partial charge in [0, 0.05) is 10.9 Å². The number of H-pyrrole nitrogens is 1. The number of carboxylic acid groups (broad SMARTS) is 1. The molecule has 0 atom stereocenters. The van der Waals surface area contributed by atoms with Gasteiger partial charge in [-0.1, -0.05) is 18.2 Å². The molecule has 3 rings (SSSR count). The molecule has 0 unspecified atom stereocenters. The number of imidazole rings is 1. The van der Waals surface area contributed by atoms with Crippen LogP contribution in [0.4, 0.5) is 0 Å². The molecule has 0 amide bonds. The first-order valence-electron chi connectivity index (χ1n) is 5.43. The highest BCUT2D eigenvalue weighted by Crippen LogP contribution is 2.31. The number of nitrogens with one attached hydrogen (secondary N) is 1. The van der Waals surface area contributed by atoms with Crippen molar-refractivity contribution in [3.63, 3.8) is 0 Å². The summed E-state index contributed by atoms with van der Waals surface area (Å²) >= 11 is 0. The van der Waals surface area contributed by atoms with Crippen molar-refractivity contribution < 1.29 is 14.3 Å². The van der Waals surface area contributed by atoms with Crippen molar-refractivity contribution in [3.05, 3.63) is 41.9 Å². The molecule has 5 nitrogen and oxygen atoms in total. The van der Waals surface area contributed by atoms with Gasteiger partial charge < -0.3 is 14.5 Å². The van der Waals surface area contributed by atoms with Gasteiger partial charge in [-0.15, -0.1) is 0 Å². The number of para-hydroxylation sites is 1.